The van der Waals surface area contributed by atoms with Gasteiger partial charge in [-0.2, -0.15) is 13.2 Å². The maximum absolute atomic E-state index is 12.5. The Balaban J connectivity index is 2.28. The summed E-state index contributed by atoms with van der Waals surface area (Å²) in [6.07, 6.45) is -13.2. The van der Waals surface area contributed by atoms with Crippen molar-refractivity contribution in [2.45, 2.75) is 36.9 Å². The molecule has 1 aromatic rings. The van der Waals surface area contributed by atoms with Crippen molar-refractivity contribution in [2.24, 2.45) is 0 Å². The van der Waals surface area contributed by atoms with E-state index in [0.717, 1.165) is 11.3 Å². The number of hydrogen-bond acceptors (Lipinski definition) is 8. The second kappa shape index (κ2) is 7.81. The third-order valence-electron chi connectivity index (χ3n) is 3.40. The average Bonchev–Trinajstić information content (AvgIpc) is 3.07. The van der Waals surface area contributed by atoms with Crippen molar-refractivity contribution in [1.82, 2.24) is 0 Å². The number of aliphatic hydroxyl groups is 4. The molecule has 140 valence electrons. The van der Waals surface area contributed by atoms with Crippen LogP contribution in [0.3, 0.4) is 0 Å². The summed E-state index contributed by atoms with van der Waals surface area (Å²) in [4.78, 5) is 11.4. The van der Waals surface area contributed by atoms with E-state index in [-0.39, 0.29) is 11.0 Å². The molecule has 1 aliphatic heterocycles. The van der Waals surface area contributed by atoms with Gasteiger partial charge >= 0.3 is 6.18 Å². The maximum atomic E-state index is 12.5. The van der Waals surface area contributed by atoms with Gasteiger partial charge < -0.3 is 29.9 Å². The molecule has 0 saturated carbocycles. The molecule has 1 aliphatic rings. The van der Waals surface area contributed by atoms with Gasteiger partial charge in [-0.3, -0.25) is 4.79 Å². The zero-order valence-electron chi connectivity index (χ0n) is 12.5. The number of carbonyl (C=O) groups excluding carboxylic acids is 1. The number of hydrogen-bond donors (Lipinski definition) is 4. The second-order valence-corrected chi connectivity index (χ2v) is 6.11. The third-order valence-corrected chi connectivity index (χ3v) is 4.28. The van der Waals surface area contributed by atoms with Crippen LogP contribution < -0.4 is 0 Å². The SMILES string of the molecule is O=C(/C=C(/OC1O[C@H](CO)[C@H](O)[C@H](O)[C@H]1O)c1cccs1)C(F)(F)F. The standard InChI is InChI=1S/C14H15F3O7S/c15-14(16,17)9(19)4-6(8-2-1-3-25-8)23-13-12(22)11(21)10(20)7(5-18)24-13/h1-4,7,10-13,18,20-22H,5H2/b6-4+/t7-,10+,11+,12-,13?/m1/s1. The third kappa shape index (κ3) is 4.57. The molecule has 0 bridgehead atoms. The Kier molecular flexibility index (Phi) is 6.19. The van der Waals surface area contributed by atoms with Crippen LogP contribution in [-0.2, 0) is 14.3 Å². The number of carbonyl (C=O) groups is 1. The summed E-state index contributed by atoms with van der Waals surface area (Å²) in [6, 6.07) is 2.88. The summed E-state index contributed by atoms with van der Waals surface area (Å²) in [5.41, 5.74) is 0. The van der Waals surface area contributed by atoms with Gasteiger partial charge in [0.1, 0.15) is 30.2 Å². The van der Waals surface area contributed by atoms with Gasteiger partial charge in [0.25, 0.3) is 5.78 Å². The van der Waals surface area contributed by atoms with Gasteiger partial charge in [-0.15, -0.1) is 11.3 Å². The summed E-state index contributed by atoms with van der Waals surface area (Å²) < 4.78 is 47.7. The largest absolute Gasteiger partial charge is 0.460 e. The number of ether oxygens (including phenoxy) is 2. The molecule has 1 saturated heterocycles. The molecule has 7 nitrogen and oxygen atoms in total. The van der Waals surface area contributed by atoms with Crippen molar-refractivity contribution in [1.29, 1.82) is 0 Å². The first-order valence-electron chi connectivity index (χ1n) is 6.99. The summed E-state index contributed by atoms with van der Waals surface area (Å²) in [7, 11) is 0. The van der Waals surface area contributed by atoms with E-state index in [0.29, 0.717) is 0 Å². The topological polar surface area (TPSA) is 116 Å². The molecule has 5 atom stereocenters. The summed E-state index contributed by atoms with van der Waals surface area (Å²) >= 11 is 0.970. The maximum Gasteiger partial charge on any atom is 0.454 e. The highest BCUT2D eigenvalue weighted by Crippen LogP contribution is 2.30. The minimum absolute atomic E-state index is 0.148. The van der Waals surface area contributed by atoms with Crippen molar-refractivity contribution >= 4 is 22.9 Å². The van der Waals surface area contributed by atoms with Crippen molar-refractivity contribution in [3.63, 3.8) is 0 Å². The molecule has 25 heavy (non-hydrogen) atoms. The minimum atomic E-state index is -5.12. The van der Waals surface area contributed by atoms with Crippen LogP contribution in [0.2, 0.25) is 0 Å². The molecular weight excluding hydrogens is 369 g/mol. The fourth-order valence-corrected chi connectivity index (χ4v) is 2.76. The smallest absolute Gasteiger partial charge is 0.454 e. The molecule has 1 unspecified atom stereocenters. The quantitative estimate of drug-likeness (QED) is 0.418. The number of rotatable bonds is 5. The predicted molar refractivity (Wildman–Crippen MR) is 78.2 cm³/mol. The molecular formula is C14H15F3O7S. The molecule has 2 heterocycles. The van der Waals surface area contributed by atoms with E-state index in [1.165, 1.54) is 17.5 Å². The molecule has 1 fully saturated rings. The number of aliphatic hydroxyl groups excluding tert-OH is 4. The molecule has 4 N–H and O–H groups in total. The van der Waals surface area contributed by atoms with E-state index < -0.39 is 55.0 Å². The molecule has 2 rings (SSSR count). The normalized spacial score (nSPS) is 31.0. The van der Waals surface area contributed by atoms with Crippen molar-refractivity contribution in [2.75, 3.05) is 6.61 Å². The number of allylic oxidation sites excluding steroid dienone is 1. The zero-order valence-corrected chi connectivity index (χ0v) is 13.3. The number of halogens is 3. The van der Waals surface area contributed by atoms with Crippen LogP contribution >= 0.6 is 11.3 Å². The highest BCUT2D eigenvalue weighted by Gasteiger charge is 2.45. The summed E-state index contributed by atoms with van der Waals surface area (Å²) in [6.45, 7) is -0.732. The Morgan fingerprint density at radius 2 is 1.96 bits per heavy atom. The predicted octanol–water partition coefficient (Wildman–Crippen LogP) is 0.0369. The van der Waals surface area contributed by atoms with Crippen LogP contribution in [0.5, 0.6) is 0 Å². The van der Waals surface area contributed by atoms with E-state index >= 15 is 0 Å². The van der Waals surface area contributed by atoms with Crippen molar-refractivity contribution < 1.29 is 47.9 Å². The van der Waals surface area contributed by atoms with E-state index in [4.69, 9.17) is 14.6 Å². The first kappa shape index (κ1) is 19.8. The fourth-order valence-electron chi connectivity index (χ4n) is 2.07. The van der Waals surface area contributed by atoms with E-state index in [1.54, 1.807) is 0 Å². The minimum Gasteiger partial charge on any atom is -0.460 e. The highest BCUT2D eigenvalue weighted by molar-refractivity contribution is 7.11. The molecule has 0 aromatic carbocycles. The van der Waals surface area contributed by atoms with Gasteiger partial charge in [0.15, 0.2) is 0 Å². The van der Waals surface area contributed by atoms with Crippen LogP contribution in [0.15, 0.2) is 23.6 Å². The Labute approximate surface area is 143 Å². The molecule has 0 spiro atoms. The second-order valence-electron chi connectivity index (χ2n) is 5.16. The van der Waals surface area contributed by atoms with E-state index in [1.807, 2.05) is 0 Å². The Hall–Kier alpha value is -1.50. The van der Waals surface area contributed by atoms with Gasteiger partial charge in [-0.05, 0) is 11.4 Å². The number of alkyl halides is 3. The lowest BCUT2D eigenvalue weighted by Gasteiger charge is -2.39. The zero-order chi connectivity index (χ0) is 18.8. The average molecular weight is 384 g/mol. The van der Waals surface area contributed by atoms with Crippen LogP contribution in [0.25, 0.3) is 5.76 Å². The first-order chi connectivity index (χ1) is 11.6. The number of ketones is 1. The summed E-state index contributed by atoms with van der Waals surface area (Å²) in [5.74, 6) is -2.71. The Morgan fingerprint density at radius 1 is 1.28 bits per heavy atom. The van der Waals surface area contributed by atoms with Crippen LogP contribution in [0, 0.1) is 0 Å². The van der Waals surface area contributed by atoms with Crippen LogP contribution in [-0.4, -0.2) is 69.7 Å². The van der Waals surface area contributed by atoms with E-state index in [9.17, 15) is 33.3 Å². The van der Waals surface area contributed by atoms with Crippen molar-refractivity contribution in [3.05, 3.63) is 28.5 Å². The lowest BCUT2D eigenvalue weighted by Crippen LogP contribution is -2.59. The van der Waals surface area contributed by atoms with Crippen LogP contribution in [0.1, 0.15) is 4.88 Å². The van der Waals surface area contributed by atoms with Gasteiger partial charge in [-0.1, -0.05) is 6.07 Å². The molecule has 1 aromatic heterocycles. The molecule has 0 amide bonds. The first-order valence-corrected chi connectivity index (χ1v) is 7.87. The number of thiophene rings is 1. The van der Waals surface area contributed by atoms with Gasteiger partial charge in [0.2, 0.25) is 6.29 Å². The van der Waals surface area contributed by atoms with Gasteiger partial charge in [0, 0.05) is 6.08 Å². The summed E-state index contributed by atoms with van der Waals surface area (Å²) in [5, 5.41) is 39.9. The lowest BCUT2D eigenvalue weighted by atomic mass is 9.99. The van der Waals surface area contributed by atoms with Crippen LogP contribution in [0.4, 0.5) is 13.2 Å². The lowest BCUT2D eigenvalue weighted by molar-refractivity contribution is -0.284. The Bertz CT molecular complexity index is 614. The Morgan fingerprint density at radius 3 is 2.48 bits per heavy atom. The van der Waals surface area contributed by atoms with Crippen molar-refractivity contribution in [3.8, 4) is 0 Å². The monoisotopic (exact) mass is 384 g/mol. The van der Waals surface area contributed by atoms with Gasteiger partial charge in [-0.25, -0.2) is 0 Å². The fraction of sp³-hybridized carbons (Fsp3) is 0.500. The van der Waals surface area contributed by atoms with E-state index in [2.05, 4.69) is 0 Å². The molecule has 0 radical (unpaired) electrons. The molecule has 11 heteroatoms. The highest BCUT2D eigenvalue weighted by atomic mass is 32.1. The molecule has 0 aliphatic carbocycles. The van der Waals surface area contributed by atoms with Gasteiger partial charge in [0.05, 0.1) is 11.5 Å².